The predicted octanol–water partition coefficient (Wildman–Crippen LogP) is 4.61. The first-order valence-corrected chi connectivity index (χ1v) is 9.62. The molecule has 28 heavy (non-hydrogen) atoms. The molecule has 0 spiro atoms. The van der Waals surface area contributed by atoms with Gasteiger partial charge < -0.3 is 18.8 Å². The number of carbonyl (C=O) groups excluding carboxylic acids is 1. The van der Waals surface area contributed by atoms with Crippen LogP contribution in [0.1, 0.15) is 36.4 Å². The molecule has 6 heteroatoms. The molecule has 0 fully saturated rings. The quantitative estimate of drug-likeness (QED) is 0.398. The average molecular weight is 382 g/mol. The lowest BCUT2D eigenvalue weighted by Gasteiger charge is -2.22. The van der Waals surface area contributed by atoms with Crippen molar-refractivity contribution in [3.8, 4) is 5.75 Å². The van der Waals surface area contributed by atoms with Crippen LogP contribution in [0.3, 0.4) is 0 Å². The minimum absolute atomic E-state index is 0.238. The Bertz CT molecular complexity index is 921. The average Bonchev–Trinajstić information content (AvgIpc) is 3.06. The van der Waals surface area contributed by atoms with Gasteiger partial charge in [-0.15, -0.1) is 0 Å². The van der Waals surface area contributed by atoms with Crippen LogP contribution >= 0.6 is 0 Å². The number of nitrogens with zero attached hydrogens (tertiary/aromatic N) is 2. The number of hydrogen-bond acceptors (Lipinski definition) is 6. The number of aryl methyl sites for hydroxylation is 1. The maximum absolute atomic E-state index is 12.1. The molecule has 0 aliphatic heterocycles. The Hall–Kier alpha value is -3.02. The number of furan rings is 1. The Kier molecular flexibility index (Phi) is 6.53. The highest BCUT2D eigenvalue weighted by Gasteiger charge is 2.21. The number of hydrogen-bond donors (Lipinski definition) is 0. The SMILES string of the molecule is CCOC(=O)c1oc2cccc(OCCCN(CC)c3cccnc3)c2c1C. The van der Waals surface area contributed by atoms with E-state index in [2.05, 4.69) is 22.9 Å². The van der Waals surface area contributed by atoms with E-state index in [0.717, 1.165) is 41.9 Å². The van der Waals surface area contributed by atoms with Gasteiger partial charge in [0.25, 0.3) is 0 Å². The van der Waals surface area contributed by atoms with Crippen LogP contribution in [-0.2, 0) is 4.74 Å². The van der Waals surface area contributed by atoms with Crippen molar-refractivity contribution in [3.63, 3.8) is 0 Å². The molecule has 3 rings (SSSR count). The zero-order chi connectivity index (χ0) is 19.9. The highest BCUT2D eigenvalue weighted by molar-refractivity contribution is 5.98. The van der Waals surface area contributed by atoms with Crippen molar-refractivity contribution >= 4 is 22.6 Å². The van der Waals surface area contributed by atoms with Crippen LogP contribution in [0.5, 0.6) is 5.75 Å². The summed E-state index contributed by atoms with van der Waals surface area (Å²) < 4.78 is 16.8. The van der Waals surface area contributed by atoms with Gasteiger partial charge in [0.05, 0.1) is 30.5 Å². The zero-order valence-corrected chi connectivity index (χ0v) is 16.6. The second kappa shape index (κ2) is 9.26. The molecule has 2 heterocycles. The first kappa shape index (κ1) is 19.7. The van der Waals surface area contributed by atoms with Gasteiger partial charge >= 0.3 is 5.97 Å². The molecule has 3 aromatic rings. The van der Waals surface area contributed by atoms with Crippen LogP contribution < -0.4 is 9.64 Å². The van der Waals surface area contributed by atoms with E-state index in [1.165, 1.54) is 0 Å². The number of aromatic nitrogens is 1. The summed E-state index contributed by atoms with van der Waals surface area (Å²) in [5.74, 6) is 0.512. The van der Waals surface area contributed by atoms with E-state index >= 15 is 0 Å². The van der Waals surface area contributed by atoms with Crippen molar-refractivity contribution in [3.05, 3.63) is 54.0 Å². The first-order chi connectivity index (χ1) is 13.7. The first-order valence-electron chi connectivity index (χ1n) is 9.62. The maximum Gasteiger partial charge on any atom is 0.374 e. The van der Waals surface area contributed by atoms with E-state index in [-0.39, 0.29) is 5.76 Å². The summed E-state index contributed by atoms with van der Waals surface area (Å²) in [6.07, 6.45) is 4.51. The van der Waals surface area contributed by atoms with Gasteiger partial charge in [0.15, 0.2) is 0 Å². The molecule has 0 saturated heterocycles. The number of esters is 1. The molecule has 0 saturated carbocycles. The monoisotopic (exact) mass is 382 g/mol. The molecule has 0 amide bonds. The Labute approximate surface area is 165 Å². The summed E-state index contributed by atoms with van der Waals surface area (Å²) in [4.78, 5) is 18.5. The van der Waals surface area contributed by atoms with Crippen molar-refractivity contribution < 1.29 is 18.7 Å². The third kappa shape index (κ3) is 4.27. The summed E-state index contributed by atoms with van der Waals surface area (Å²) in [5, 5.41) is 0.824. The standard InChI is InChI=1S/C22H26N2O4/c1-4-24(17-9-7-12-23-15-17)13-8-14-27-18-10-6-11-19-20(18)16(3)21(28-19)22(25)26-5-2/h6-7,9-12,15H,4-5,8,13-14H2,1-3H3. The van der Waals surface area contributed by atoms with Gasteiger partial charge in [0.2, 0.25) is 5.76 Å². The largest absolute Gasteiger partial charge is 0.493 e. The fraction of sp³-hybridized carbons (Fsp3) is 0.364. The molecule has 6 nitrogen and oxygen atoms in total. The Balaban J connectivity index is 1.67. The lowest BCUT2D eigenvalue weighted by molar-refractivity contribution is 0.0491. The Morgan fingerprint density at radius 2 is 2.07 bits per heavy atom. The molecule has 0 atom stereocenters. The lowest BCUT2D eigenvalue weighted by atomic mass is 10.1. The van der Waals surface area contributed by atoms with Gasteiger partial charge in [-0.05, 0) is 51.5 Å². The van der Waals surface area contributed by atoms with E-state index in [1.807, 2.05) is 37.4 Å². The highest BCUT2D eigenvalue weighted by atomic mass is 16.5. The second-order valence-corrected chi connectivity index (χ2v) is 6.40. The number of carbonyl (C=O) groups is 1. The summed E-state index contributed by atoms with van der Waals surface area (Å²) in [6.45, 7) is 8.41. The van der Waals surface area contributed by atoms with Gasteiger partial charge in [0, 0.05) is 24.8 Å². The van der Waals surface area contributed by atoms with E-state index in [9.17, 15) is 4.79 Å². The molecule has 0 aliphatic carbocycles. The maximum atomic E-state index is 12.1. The van der Waals surface area contributed by atoms with E-state index < -0.39 is 5.97 Å². The minimum Gasteiger partial charge on any atom is -0.493 e. The summed E-state index contributed by atoms with van der Waals surface area (Å²) >= 11 is 0. The third-order valence-electron chi connectivity index (χ3n) is 4.60. The minimum atomic E-state index is -0.447. The molecule has 0 N–H and O–H groups in total. The number of ether oxygens (including phenoxy) is 2. The topological polar surface area (TPSA) is 64.8 Å². The molecule has 1 aromatic carbocycles. The van der Waals surface area contributed by atoms with E-state index in [0.29, 0.717) is 18.8 Å². The van der Waals surface area contributed by atoms with Crippen molar-refractivity contribution in [2.45, 2.75) is 27.2 Å². The predicted molar refractivity (Wildman–Crippen MR) is 109 cm³/mol. The summed E-state index contributed by atoms with van der Waals surface area (Å²) in [6, 6.07) is 9.60. The Morgan fingerprint density at radius 1 is 1.21 bits per heavy atom. The summed E-state index contributed by atoms with van der Waals surface area (Å²) in [7, 11) is 0. The summed E-state index contributed by atoms with van der Waals surface area (Å²) in [5.41, 5.74) is 2.48. The highest BCUT2D eigenvalue weighted by Crippen LogP contribution is 2.33. The van der Waals surface area contributed by atoms with Crippen LogP contribution in [0.15, 0.2) is 47.1 Å². The van der Waals surface area contributed by atoms with Crippen molar-refractivity contribution in [1.29, 1.82) is 0 Å². The molecule has 2 aromatic heterocycles. The van der Waals surface area contributed by atoms with Crippen molar-refractivity contribution in [2.24, 2.45) is 0 Å². The van der Waals surface area contributed by atoms with Crippen molar-refractivity contribution in [1.82, 2.24) is 4.98 Å². The Morgan fingerprint density at radius 3 is 2.79 bits per heavy atom. The fourth-order valence-corrected chi connectivity index (χ4v) is 3.23. The fourth-order valence-electron chi connectivity index (χ4n) is 3.23. The van der Waals surface area contributed by atoms with E-state index in [4.69, 9.17) is 13.9 Å². The number of anilines is 1. The molecular formula is C22H26N2O4. The van der Waals surface area contributed by atoms with Crippen LogP contribution in [0.25, 0.3) is 11.0 Å². The number of benzene rings is 1. The molecule has 0 bridgehead atoms. The smallest absolute Gasteiger partial charge is 0.374 e. The van der Waals surface area contributed by atoms with Gasteiger partial charge in [-0.2, -0.15) is 0 Å². The normalized spacial score (nSPS) is 10.8. The van der Waals surface area contributed by atoms with Crippen LogP contribution in [0.4, 0.5) is 5.69 Å². The number of pyridine rings is 1. The number of fused-ring (bicyclic) bond motifs is 1. The third-order valence-corrected chi connectivity index (χ3v) is 4.60. The molecular weight excluding hydrogens is 356 g/mol. The number of rotatable bonds is 9. The van der Waals surface area contributed by atoms with Crippen LogP contribution in [0.2, 0.25) is 0 Å². The molecule has 0 aliphatic rings. The van der Waals surface area contributed by atoms with Gasteiger partial charge in [-0.25, -0.2) is 4.79 Å². The van der Waals surface area contributed by atoms with Crippen LogP contribution in [0, 0.1) is 6.92 Å². The van der Waals surface area contributed by atoms with Crippen LogP contribution in [-0.4, -0.2) is 37.3 Å². The molecule has 0 unspecified atom stereocenters. The second-order valence-electron chi connectivity index (χ2n) is 6.40. The van der Waals surface area contributed by atoms with E-state index in [1.54, 1.807) is 13.1 Å². The molecule has 148 valence electrons. The molecule has 0 radical (unpaired) electrons. The van der Waals surface area contributed by atoms with Gasteiger partial charge in [0.1, 0.15) is 11.3 Å². The van der Waals surface area contributed by atoms with Crippen molar-refractivity contribution in [2.75, 3.05) is 31.2 Å². The van der Waals surface area contributed by atoms with Gasteiger partial charge in [-0.3, -0.25) is 4.98 Å². The van der Waals surface area contributed by atoms with Gasteiger partial charge in [-0.1, -0.05) is 6.07 Å². The zero-order valence-electron chi connectivity index (χ0n) is 16.6. The lowest BCUT2D eigenvalue weighted by Crippen LogP contribution is -2.25.